The first-order valence-corrected chi connectivity index (χ1v) is 9.52. The number of pyridine rings is 1. The first-order chi connectivity index (χ1) is 14.0. The molecule has 1 aliphatic carbocycles. The van der Waals surface area contributed by atoms with Gasteiger partial charge < -0.3 is 10.1 Å². The quantitative estimate of drug-likeness (QED) is 0.362. The third-order valence-electron chi connectivity index (χ3n) is 5.42. The number of aliphatic hydroxyl groups excluding tert-OH is 1. The number of hydrogen-bond acceptors (Lipinski definition) is 8. The molecule has 0 radical (unpaired) electrons. The summed E-state index contributed by atoms with van der Waals surface area (Å²) in [7, 11) is 0. The van der Waals surface area contributed by atoms with Crippen LogP contribution in [0, 0.1) is 5.82 Å². The summed E-state index contributed by atoms with van der Waals surface area (Å²) in [5.41, 5.74) is 0.346. The number of H-pyrrole nitrogens is 1. The van der Waals surface area contributed by atoms with Crippen LogP contribution in [0.3, 0.4) is 0 Å². The predicted octanol–water partition coefficient (Wildman–Crippen LogP) is 2.06. The van der Waals surface area contributed by atoms with Crippen molar-refractivity contribution in [3.63, 3.8) is 0 Å². The fourth-order valence-electron chi connectivity index (χ4n) is 3.82. The summed E-state index contributed by atoms with van der Waals surface area (Å²) in [6.07, 6.45) is 6.66. The van der Waals surface area contributed by atoms with Gasteiger partial charge >= 0.3 is 0 Å². The number of aromatic amines is 1. The van der Waals surface area contributed by atoms with E-state index in [0.717, 1.165) is 12.6 Å². The number of hydrazine groups is 1. The Morgan fingerprint density at radius 3 is 3.00 bits per heavy atom. The van der Waals surface area contributed by atoms with E-state index < -0.39 is 11.4 Å². The predicted molar refractivity (Wildman–Crippen MR) is 106 cm³/mol. The number of aliphatic hydroxyl groups is 1. The van der Waals surface area contributed by atoms with E-state index in [-0.39, 0.29) is 24.3 Å². The van der Waals surface area contributed by atoms with Gasteiger partial charge in [-0.3, -0.25) is 9.85 Å². The van der Waals surface area contributed by atoms with Crippen molar-refractivity contribution in [2.24, 2.45) is 11.7 Å². The Morgan fingerprint density at radius 2 is 2.24 bits per heavy atom. The third kappa shape index (κ3) is 3.65. The van der Waals surface area contributed by atoms with Gasteiger partial charge in [-0.15, -0.1) is 0 Å². The number of nitrogens with one attached hydrogen (secondary N) is 1. The minimum atomic E-state index is -0.897. The fraction of sp³-hybridized carbons (Fsp3) is 0.389. The molecule has 3 heterocycles. The van der Waals surface area contributed by atoms with Crippen LogP contribution in [0.2, 0.25) is 5.02 Å². The minimum absolute atomic E-state index is 0.0462. The van der Waals surface area contributed by atoms with Crippen LogP contribution >= 0.6 is 11.6 Å². The highest BCUT2D eigenvalue weighted by Gasteiger charge is 2.39. The van der Waals surface area contributed by atoms with Crippen LogP contribution in [0.5, 0.6) is 0 Å². The molecular weight excluding hydrogens is 401 g/mol. The number of nitrogens with zero attached hydrogens (tertiary/aromatic N) is 4. The maximum atomic E-state index is 14.6. The third-order valence-corrected chi connectivity index (χ3v) is 5.62. The van der Waals surface area contributed by atoms with Crippen LogP contribution in [0.25, 0.3) is 22.4 Å². The topological polar surface area (TPSA) is 139 Å². The maximum Gasteiger partial charge on any atom is 0.185 e. The Balaban J connectivity index is 1.69. The van der Waals surface area contributed by atoms with E-state index in [4.69, 9.17) is 28.2 Å². The number of anilines is 1. The van der Waals surface area contributed by atoms with Gasteiger partial charge in [0.2, 0.25) is 0 Å². The van der Waals surface area contributed by atoms with E-state index in [2.05, 4.69) is 19.9 Å². The Labute approximate surface area is 170 Å². The highest BCUT2D eigenvalue weighted by atomic mass is 35.5. The van der Waals surface area contributed by atoms with Gasteiger partial charge in [0, 0.05) is 35.8 Å². The van der Waals surface area contributed by atoms with E-state index in [9.17, 15) is 9.50 Å². The zero-order chi connectivity index (χ0) is 20.6. The van der Waals surface area contributed by atoms with Crippen LogP contribution in [0.4, 0.5) is 10.2 Å². The number of hydrogen-bond donors (Lipinski definition) is 4. The van der Waals surface area contributed by atoms with Crippen molar-refractivity contribution < 1.29 is 14.3 Å². The van der Waals surface area contributed by atoms with Crippen molar-refractivity contribution in [2.45, 2.75) is 37.3 Å². The van der Waals surface area contributed by atoms with Gasteiger partial charge in [0.15, 0.2) is 17.5 Å². The summed E-state index contributed by atoms with van der Waals surface area (Å²) in [5, 5.41) is 12.1. The molecule has 4 rings (SSSR count). The molecule has 0 bridgehead atoms. The fourth-order valence-corrected chi connectivity index (χ4v) is 3.98. The van der Waals surface area contributed by atoms with Crippen molar-refractivity contribution in [3.05, 3.63) is 35.5 Å². The van der Waals surface area contributed by atoms with E-state index >= 15 is 0 Å². The van der Waals surface area contributed by atoms with Gasteiger partial charge in [0.05, 0.1) is 17.8 Å². The molecule has 154 valence electrons. The van der Waals surface area contributed by atoms with Gasteiger partial charge in [-0.1, -0.05) is 11.6 Å². The molecule has 29 heavy (non-hydrogen) atoms. The van der Waals surface area contributed by atoms with Crippen molar-refractivity contribution >= 4 is 28.5 Å². The van der Waals surface area contributed by atoms with Crippen LogP contribution in [0.1, 0.15) is 25.7 Å². The van der Waals surface area contributed by atoms with Gasteiger partial charge in [-0.05, 0) is 25.3 Å². The lowest BCUT2D eigenvalue weighted by molar-refractivity contribution is -0.107. The minimum Gasteiger partial charge on any atom is -0.393 e. The molecule has 6 N–H and O–H groups in total. The first-order valence-electron chi connectivity index (χ1n) is 9.14. The van der Waals surface area contributed by atoms with Crippen molar-refractivity contribution in [3.8, 4) is 11.4 Å². The lowest BCUT2D eigenvalue weighted by Gasteiger charge is -2.41. The summed E-state index contributed by atoms with van der Waals surface area (Å²) in [5.74, 6) is 11.2. The standard InChI is InChI=1S/C18H21ClFN7O2/c19-10-4-12-13(7-24-15(12)23-6-10)16-25-8-14(20)17(26-16)27(21)11-2-1-3-18(5-11,9-28)29-22/h4,6-8,11,28H,1-3,5,9,21-22H2,(H,23,24). The molecule has 3 aromatic heterocycles. The van der Waals surface area contributed by atoms with E-state index in [1.54, 1.807) is 12.3 Å². The van der Waals surface area contributed by atoms with Crippen molar-refractivity contribution in [2.75, 3.05) is 11.6 Å². The summed E-state index contributed by atoms with van der Waals surface area (Å²) in [6, 6.07) is 1.42. The average Bonchev–Trinajstić information content (AvgIpc) is 3.16. The van der Waals surface area contributed by atoms with Crippen LogP contribution in [0.15, 0.2) is 24.7 Å². The second-order valence-electron chi connectivity index (χ2n) is 7.23. The van der Waals surface area contributed by atoms with Gasteiger partial charge in [0.1, 0.15) is 11.2 Å². The zero-order valence-corrected chi connectivity index (χ0v) is 16.2. The largest absolute Gasteiger partial charge is 0.393 e. The maximum absolute atomic E-state index is 14.6. The molecule has 1 aliphatic rings. The molecule has 1 fully saturated rings. The molecule has 0 aliphatic heterocycles. The lowest BCUT2D eigenvalue weighted by atomic mass is 9.82. The zero-order valence-electron chi connectivity index (χ0n) is 15.5. The normalized spacial score (nSPS) is 22.2. The Bertz CT molecular complexity index is 1030. The van der Waals surface area contributed by atoms with Crippen LogP contribution < -0.4 is 16.7 Å². The molecule has 0 aromatic carbocycles. The summed E-state index contributed by atoms with van der Waals surface area (Å²) in [4.78, 5) is 20.7. The number of fused-ring (bicyclic) bond motifs is 1. The van der Waals surface area contributed by atoms with Crippen molar-refractivity contribution in [1.29, 1.82) is 0 Å². The van der Waals surface area contributed by atoms with E-state index in [1.807, 2.05) is 0 Å². The van der Waals surface area contributed by atoms with E-state index in [1.165, 1.54) is 11.2 Å². The molecule has 0 saturated heterocycles. The number of halogens is 2. The number of nitrogens with two attached hydrogens (primary N) is 2. The SMILES string of the molecule is NOC1(CO)CCCC(N(N)c2nc(-c3c[nH]c4ncc(Cl)cc34)ncc2F)C1. The molecule has 3 aromatic rings. The molecule has 2 atom stereocenters. The second kappa shape index (κ2) is 7.81. The van der Waals surface area contributed by atoms with Gasteiger partial charge in [-0.2, -0.15) is 0 Å². The smallest absolute Gasteiger partial charge is 0.185 e. The molecule has 2 unspecified atom stereocenters. The number of rotatable bonds is 5. The number of aromatic nitrogens is 4. The van der Waals surface area contributed by atoms with Gasteiger partial charge in [0.25, 0.3) is 0 Å². The molecule has 0 amide bonds. The first kappa shape index (κ1) is 19.9. The van der Waals surface area contributed by atoms with Crippen LogP contribution in [-0.2, 0) is 4.84 Å². The second-order valence-corrected chi connectivity index (χ2v) is 7.67. The van der Waals surface area contributed by atoms with Crippen molar-refractivity contribution in [1.82, 2.24) is 19.9 Å². The molecule has 9 nitrogen and oxygen atoms in total. The molecule has 11 heteroatoms. The Morgan fingerprint density at radius 1 is 1.41 bits per heavy atom. The highest BCUT2D eigenvalue weighted by molar-refractivity contribution is 6.31. The van der Waals surface area contributed by atoms with Gasteiger partial charge in [-0.25, -0.2) is 31.1 Å². The monoisotopic (exact) mass is 421 g/mol. The lowest BCUT2D eigenvalue weighted by Crippen LogP contribution is -2.53. The summed E-state index contributed by atoms with van der Waals surface area (Å²) in [6.45, 7) is -0.242. The molecule has 1 saturated carbocycles. The van der Waals surface area contributed by atoms with E-state index in [0.29, 0.717) is 40.9 Å². The summed E-state index contributed by atoms with van der Waals surface area (Å²) < 4.78 is 14.6. The summed E-state index contributed by atoms with van der Waals surface area (Å²) >= 11 is 6.05. The average molecular weight is 422 g/mol. The molecular formula is C18H21ClFN7O2. The highest BCUT2D eigenvalue weighted by Crippen LogP contribution is 2.35. The Hall–Kier alpha value is -2.37. The Kier molecular flexibility index (Phi) is 5.36. The van der Waals surface area contributed by atoms with Crippen LogP contribution in [-0.4, -0.2) is 43.3 Å². The molecule has 0 spiro atoms.